The zero-order chi connectivity index (χ0) is 13.7. The minimum atomic E-state index is -0.465. The number of methoxy groups -OCH3 is 1. The molecule has 0 fully saturated rings. The average molecular weight is 261 g/mol. The highest BCUT2D eigenvalue weighted by atomic mass is 19.1. The second kappa shape index (κ2) is 5.95. The van der Waals surface area contributed by atoms with Crippen LogP contribution >= 0.6 is 0 Å². The molecule has 5 heteroatoms. The van der Waals surface area contributed by atoms with E-state index in [9.17, 15) is 9.18 Å². The molecule has 0 aliphatic carbocycles. The molecule has 0 unspecified atom stereocenters. The quantitative estimate of drug-likeness (QED) is 0.794. The van der Waals surface area contributed by atoms with Gasteiger partial charge >= 0.3 is 5.97 Å². The van der Waals surface area contributed by atoms with Gasteiger partial charge in [-0.2, -0.15) is 0 Å². The largest absolute Gasteiger partial charge is 0.473 e. The van der Waals surface area contributed by atoms with Gasteiger partial charge in [-0.1, -0.05) is 18.2 Å². The third-order valence-electron chi connectivity index (χ3n) is 2.49. The van der Waals surface area contributed by atoms with Gasteiger partial charge in [-0.05, 0) is 12.1 Å². The molecule has 0 amide bonds. The molecule has 0 spiro atoms. The van der Waals surface area contributed by atoms with E-state index in [4.69, 9.17) is 4.74 Å². The third kappa shape index (κ3) is 3.28. The number of rotatable bonds is 4. The lowest BCUT2D eigenvalue weighted by Gasteiger charge is -2.06. The van der Waals surface area contributed by atoms with Crippen molar-refractivity contribution in [1.82, 2.24) is 4.98 Å². The molecule has 0 aliphatic heterocycles. The smallest absolute Gasteiger partial charge is 0.339 e. The summed E-state index contributed by atoms with van der Waals surface area (Å²) in [6.45, 7) is 0.0806. The lowest BCUT2D eigenvalue weighted by atomic mass is 10.2. The van der Waals surface area contributed by atoms with Crippen LogP contribution in [0.3, 0.4) is 0 Å². The van der Waals surface area contributed by atoms with Crippen molar-refractivity contribution in [3.63, 3.8) is 0 Å². The van der Waals surface area contributed by atoms with Crippen LogP contribution in [-0.4, -0.2) is 18.1 Å². The van der Waals surface area contributed by atoms with Gasteiger partial charge in [0.05, 0.1) is 12.7 Å². The highest BCUT2D eigenvalue weighted by Gasteiger charge is 2.06. The van der Waals surface area contributed by atoms with Crippen LogP contribution < -0.4 is 4.74 Å². The van der Waals surface area contributed by atoms with E-state index in [2.05, 4.69) is 9.72 Å². The summed E-state index contributed by atoms with van der Waals surface area (Å²) in [7, 11) is 1.30. The van der Waals surface area contributed by atoms with E-state index >= 15 is 0 Å². The molecular weight excluding hydrogens is 249 g/mol. The minimum absolute atomic E-state index is 0.0806. The maximum Gasteiger partial charge on any atom is 0.339 e. The fourth-order valence-electron chi connectivity index (χ4n) is 1.47. The fourth-order valence-corrected chi connectivity index (χ4v) is 1.47. The van der Waals surface area contributed by atoms with Crippen molar-refractivity contribution in [3.8, 4) is 5.88 Å². The van der Waals surface area contributed by atoms with E-state index in [0.717, 1.165) is 0 Å². The van der Waals surface area contributed by atoms with E-state index in [1.807, 2.05) is 0 Å². The number of pyridine rings is 1. The monoisotopic (exact) mass is 261 g/mol. The van der Waals surface area contributed by atoms with Gasteiger partial charge in [-0.15, -0.1) is 0 Å². The van der Waals surface area contributed by atoms with E-state index < -0.39 is 5.97 Å². The first kappa shape index (κ1) is 13.0. The molecule has 0 atom stereocenters. The lowest BCUT2D eigenvalue weighted by molar-refractivity contribution is 0.0600. The maximum atomic E-state index is 13.3. The molecule has 0 radical (unpaired) electrons. The highest BCUT2D eigenvalue weighted by Crippen LogP contribution is 2.12. The Hall–Kier alpha value is -2.43. The average Bonchev–Trinajstić information content (AvgIpc) is 2.46. The number of carbonyl (C=O) groups is 1. The minimum Gasteiger partial charge on any atom is -0.473 e. The Kier molecular flexibility index (Phi) is 4.07. The van der Waals surface area contributed by atoms with Crippen LogP contribution in [0.25, 0.3) is 0 Å². The van der Waals surface area contributed by atoms with Gasteiger partial charge in [-0.25, -0.2) is 14.2 Å². The van der Waals surface area contributed by atoms with Gasteiger partial charge < -0.3 is 9.47 Å². The number of carbonyl (C=O) groups excluding carboxylic acids is 1. The van der Waals surface area contributed by atoms with Crippen molar-refractivity contribution >= 4 is 5.97 Å². The van der Waals surface area contributed by atoms with Crippen molar-refractivity contribution in [2.45, 2.75) is 6.61 Å². The Morgan fingerprint density at radius 2 is 2.05 bits per heavy atom. The zero-order valence-corrected chi connectivity index (χ0v) is 10.3. The Morgan fingerprint density at radius 3 is 2.68 bits per heavy atom. The molecule has 1 aromatic carbocycles. The Balaban J connectivity index is 2.01. The first-order valence-corrected chi connectivity index (χ1v) is 5.61. The van der Waals surface area contributed by atoms with E-state index in [1.165, 1.54) is 31.5 Å². The Bertz CT molecular complexity index is 569. The fraction of sp³-hybridized carbons (Fsp3) is 0.143. The number of halogens is 1. The van der Waals surface area contributed by atoms with Gasteiger partial charge in [0.2, 0.25) is 5.88 Å². The third-order valence-corrected chi connectivity index (χ3v) is 2.49. The molecule has 0 saturated carbocycles. The van der Waals surface area contributed by atoms with Crippen molar-refractivity contribution in [2.24, 2.45) is 0 Å². The summed E-state index contributed by atoms with van der Waals surface area (Å²) in [5.74, 6) is -0.474. The van der Waals surface area contributed by atoms with E-state index in [0.29, 0.717) is 17.0 Å². The van der Waals surface area contributed by atoms with Crippen molar-refractivity contribution < 1.29 is 18.7 Å². The normalized spacial score (nSPS) is 10.0. The topological polar surface area (TPSA) is 48.4 Å². The van der Waals surface area contributed by atoms with Crippen LogP contribution in [-0.2, 0) is 11.3 Å². The summed E-state index contributed by atoms with van der Waals surface area (Å²) in [6.07, 6.45) is 1.35. The second-order valence-electron chi connectivity index (χ2n) is 3.76. The van der Waals surface area contributed by atoms with Crippen LogP contribution in [0.4, 0.5) is 4.39 Å². The number of nitrogens with zero attached hydrogens (tertiary/aromatic N) is 1. The zero-order valence-electron chi connectivity index (χ0n) is 10.3. The molecule has 1 heterocycles. The SMILES string of the molecule is COC(=O)c1ccc(OCc2ccccc2F)nc1. The van der Waals surface area contributed by atoms with Gasteiger partial charge in [0, 0.05) is 17.8 Å². The summed E-state index contributed by atoms with van der Waals surface area (Å²) >= 11 is 0. The van der Waals surface area contributed by atoms with Crippen LogP contribution in [0.15, 0.2) is 42.6 Å². The Morgan fingerprint density at radius 1 is 1.26 bits per heavy atom. The number of esters is 1. The number of aromatic nitrogens is 1. The van der Waals surface area contributed by atoms with Crippen LogP contribution in [0.2, 0.25) is 0 Å². The molecule has 0 N–H and O–H groups in total. The molecule has 19 heavy (non-hydrogen) atoms. The molecule has 0 aliphatic rings. The molecule has 2 rings (SSSR count). The van der Waals surface area contributed by atoms with Gasteiger partial charge in [0.15, 0.2) is 0 Å². The second-order valence-corrected chi connectivity index (χ2v) is 3.76. The predicted molar refractivity (Wildman–Crippen MR) is 66.3 cm³/mol. The van der Waals surface area contributed by atoms with Crippen molar-refractivity contribution in [2.75, 3.05) is 7.11 Å². The first-order valence-electron chi connectivity index (χ1n) is 5.61. The van der Waals surface area contributed by atoms with Gasteiger partial charge in [-0.3, -0.25) is 0 Å². The summed E-state index contributed by atoms with van der Waals surface area (Å²) in [6, 6.07) is 9.42. The van der Waals surface area contributed by atoms with E-state index in [-0.39, 0.29) is 12.4 Å². The van der Waals surface area contributed by atoms with Crippen LogP contribution in [0.5, 0.6) is 5.88 Å². The maximum absolute atomic E-state index is 13.3. The number of hydrogen-bond acceptors (Lipinski definition) is 4. The number of benzene rings is 1. The first-order chi connectivity index (χ1) is 9.20. The Labute approximate surface area is 109 Å². The molecule has 4 nitrogen and oxygen atoms in total. The van der Waals surface area contributed by atoms with Crippen molar-refractivity contribution in [3.05, 3.63) is 59.5 Å². The summed E-state index contributed by atoms with van der Waals surface area (Å²) in [4.78, 5) is 15.1. The van der Waals surface area contributed by atoms with Crippen molar-refractivity contribution in [1.29, 1.82) is 0 Å². The summed E-state index contributed by atoms with van der Waals surface area (Å²) in [5, 5.41) is 0. The van der Waals surface area contributed by atoms with Gasteiger partial charge in [0.1, 0.15) is 12.4 Å². The predicted octanol–water partition coefficient (Wildman–Crippen LogP) is 2.59. The molecule has 0 bridgehead atoms. The standard InChI is InChI=1S/C14H12FNO3/c1-18-14(17)10-6-7-13(16-8-10)19-9-11-4-2-3-5-12(11)15/h2-8H,9H2,1H3. The summed E-state index contributed by atoms with van der Waals surface area (Å²) < 4.78 is 23.2. The highest BCUT2D eigenvalue weighted by molar-refractivity contribution is 5.88. The molecular formula is C14H12FNO3. The molecule has 2 aromatic rings. The molecule has 0 saturated heterocycles. The number of hydrogen-bond donors (Lipinski definition) is 0. The number of ether oxygens (including phenoxy) is 2. The van der Waals surface area contributed by atoms with Crippen LogP contribution in [0.1, 0.15) is 15.9 Å². The molecule has 98 valence electrons. The summed E-state index contributed by atoms with van der Waals surface area (Å²) in [5.41, 5.74) is 0.780. The lowest BCUT2D eigenvalue weighted by Crippen LogP contribution is -2.03. The van der Waals surface area contributed by atoms with Gasteiger partial charge in [0.25, 0.3) is 0 Å². The van der Waals surface area contributed by atoms with Crippen LogP contribution in [0, 0.1) is 5.82 Å². The molecule has 1 aromatic heterocycles. The van der Waals surface area contributed by atoms with E-state index in [1.54, 1.807) is 18.2 Å².